The van der Waals surface area contributed by atoms with Crippen molar-refractivity contribution < 1.29 is 31.9 Å². The van der Waals surface area contributed by atoms with Gasteiger partial charge in [0.25, 0.3) is 0 Å². The Morgan fingerprint density at radius 1 is 1.31 bits per heavy atom. The van der Waals surface area contributed by atoms with Crippen molar-refractivity contribution in [2.75, 3.05) is 13.2 Å². The van der Waals surface area contributed by atoms with Crippen LogP contribution in [0.3, 0.4) is 0 Å². The van der Waals surface area contributed by atoms with Crippen LogP contribution in [0.1, 0.15) is 37.3 Å². The van der Waals surface area contributed by atoms with E-state index in [1.54, 1.807) is 6.92 Å². The summed E-state index contributed by atoms with van der Waals surface area (Å²) in [6.07, 6.45) is -3.42. The maximum absolute atomic E-state index is 14.0. The molecule has 0 radical (unpaired) electrons. The summed E-state index contributed by atoms with van der Waals surface area (Å²) in [5, 5.41) is -0.678. The Morgan fingerprint density at radius 2 is 2.00 bits per heavy atom. The molecule has 1 fully saturated rings. The molecule has 1 aromatic rings. The number of carbonyl (C=O) groups is 2. The van der Waals surface area contributed by atoms with Gasteiger partial charge in [-0.1, -0.05) is 11.6 Å². The molecule has 1 atom stereocenters. The zero-order valence-electron chi connectivity index (χ0n) is 14.0. The highest BCUT2D eigenvalue weighted by molar-refractivity contribution is 6.31. The SMILES string of the molecule is CCOC(=O)C1CCCCN1C(=O)Cc1cc(Cl)c(C(F)(F)F)cc1F. The Hall–Kier alpha value is -1.83. The molecule has 0 spiro atoms. The lowest BCUT2D eigenvalue weighted by atomic mass is 10.00. The molecule has 0 N–H and O–H groups in total. The molecule has 144 valence electrons. The summed E-state index contributed by atoms with van der Waals surface area (Å²) in [4.78, 5) is 25.8. The summed E-state index contributed by atoms with van der Waals surface area (Å²) >= 11 is 5.59. The van der Waals surface area contributed by atoms with Gasteiger partial charge in [-0.25, -0.2) is 9.18 Å². The molecule has 1 aliphatic rings. The standard InChI is InChI=1S/C17H18ClF4NO3/c1-2-26-16(25)14-5-3-4-6-23(14)15(24)8-10-7-12(18)11(9-13(10)19)17(20,21)22/h7,9,14H,2-6,8H2,1H3. The van der Waals surface area contributed by atoms with Crippen molar-refractivity contribution in [2.45, 2.75) is 44.8 Å². The number of likely N-dealkylation sites (tertiary alicyclic amines) is 1. The number of halogens is 5. The van der Waals surface area contributed by atoms with Crippen LogP contribution in [-0.4, -0.2) is 36.0 Å². The number of rotatable bonds is 4. The fourth-order valence-corrected chi connectivity index (χ4v) is 3.21. The van der Waals surface area contributed by atoms with Crippen molar-refractivity contribution >= 4 is 23.5 Å². The van der Waals surface area contributed by atoms with Gasteiger partial charge in [0.2, 0.25) is 5.91 Å². The van der Waals surface area contributed by atoms with Crippen molar-refractivity contribution in [3.8, 4) is 0 Å². The first-order valence-corrected chi connectivity index (χ1v) is 8.54. The fourth-order valence-electron chi connectivity index (χ4n) is 2.92. The number of esters is 1. The number of hydrogen-bond donors (Lipinski definition) is 0. The minimum Gasteiger partial charge on any atom is -0.464 e. The first kappa shape index (κ1) is 20.5. The van der Waals surface area contributed by atoms with Crippen LogP contribution in [0.15, 0.2) is 12.1 Å². The minimum atomic E-state index is -4.79. The van der Waals surface area contributed by atoms with Gasteiger partial charge in [0.15, 0.2) is 0 Å². The molecule has 1 amide bonds. The van der Waals surface area contributed by atoms with Crippen molar-refractivity contribution in [3.05, 3.63) is 34.1 Å². The second-order valence-electron chi connectivity index (χ2n) is 5.95. The molecule has 1 unspecified atom stereocenters. The summed E-state index contributed by atoms with van der Waals surface area (Å²) in [6, 6.07) is 0.328. The van der Waals surface area contributed by atoms with Crippen molar-refractivity contribution in [1.82, 2.24) is 4.90 Å². The van der Waals surface area contributed by atoms with Gasteiger partial charge in [0.1, 0.15) is 11.9 Å². The number of hydrogen-bond acceptors (Lipinski definition) is 3. The predicted octanol–water partition coefficient (Wildman–Crippen LogP) is 3.98. The Balaban J connectivity index is 2.20. The molecule has 4 nitrogen and oxygen atoms in total. The normalized spacial score (nSPS) is 17.9. The molecule has 2 rings (SSSR count). The van der Waals surface area contributed by atoms with Crippen LogP contribution in [0.4, 0.5) is 17.6 Å². The molecule has 1 aliphatic heterocycles. The lowest BCUT2D eigenvalue weighted by Crippen LogP contribution is -2.49. The van der Waals surface area contributed by atoms with Crippen LogP contribution in [0.2, 0.25) is 5.02 Å². The summed E-state index contributed by atoms with van der Waals surface area (Å²) in [7, 11) is 0. The monoisotopic (exact) mass is 395 g/mol. The largest absolute Gasteiger partial charge is 0.464 e. The highest BCUT2D eigenvalue weighted by Crippen LogP contribution is 2.36. The van der Waals surface area contributed by atoms with Gasteiger partial charge in [0, 0.05) is 6.54 Å². The predicted molar refractivity (Wildman–Crippen MR) is 86.1 cm³/mol. The highest BCUT2D eigenvalue weighted by Gasteiger charge is 2.36. The van der Waals surface area contributed by atoms with Gasteiger partial charge in [0.05, 0.1) is 23.6 Å². The van der Waals surface area contributed by atoms with E-state index >= 15 is 0 Å². The quantitative estimate of drug-likeness (QED) is 0.572. The fraction of sp³-hybridized carbons (Fsp3) is 0.529. The zero-order chi connectivity index (χ0) is 19.5. The molecule has 1 aromatic carbocycles. The number of carbonyl (C=O) groups excluding carboxylic acids is 2. The Kier molecular flexibility index (Phi) is 6.49. The first-order chi connectivity index (χ1) is 12.1. The summed E-state index contributed by atoms with van der Waals surface area (Å²) < 4.78 is 57.2. The Labute approximate surface area is 153 Å². The number of benzene rings is 1. The van der Waals surface area contributed by atoms with Crippen LogP contribution < -0.4 is 0 Å². The average molecular weight is 396 g/mol. The number of ether oxygens (including phenoxy) is 1. The molecule has 1 heterocycles. The van der Waals surface area contributed by atoms with Gasteiger partial charge in [-0.05, 0) is 43.9 Å². The van der Waals surface area contributed by atoms with E-state index in [4.69, 9.17) is 16.3 Å². The van der Waals surface area contributed by atoms with E-state index in [0.29, 0.717) is 19.4 Å². The maximum atomic E-state index is 14.0. The second-order valence-corrected chi connectivity index (χ2v) is 6.36. The van der Waals surface area contributed by atoms with Crippen LogP contribution in [0, 0.1) is 5.82 Å². The van der Waals surface area contributed by atoms with Gasteiger partial charge >= 0.3 is 12.1 Å². The Bertz CT molecular complexity index is 693. The van der Waals surface area contributed by atoms with E-state index in [1.807, 2.05) is 0 Å². The molecule has 0 bridgehead atoms. The van der Waals surface area contributed by atoms with E-state index < -0.39 is 46.9 Å². The lowest BCUT2D eigenvalue weighted by Gasteiger charge is -2.34. The molecular formula is C17H18ClF4NO3. The molecule has 0 aromatic heterocycles. The number of alkyl halides is 3. The van der Waals surface area contributed by atoms with E-state index in [-0.39, 0.29) is 18.2 Å². The maximum Gasteiger partial charge on any atom is 0.417 e. The second kappa shape index (κ2) is 8.24. The van der Waals surface area contributed by atoms with Gasteiger partial charge in [-0.3, -0.25) is 4.79 Å². The molecular weight excluding hydrogens is 378 g/mol. The molecule has 1 saturated heterocycles. The lowest BCUT2D eigenvalue weighted by molar-refractivity contribution is -0.156. The van der Waals surface area contributed by atoms with Crippen molar-refractivity contribution in [3.63, 3.8) is 0 Å². The van der Waals surface area contributed by atoms with Gasteiger partial charge < -0.3 is 9.64 Å². The molecule has 9 heteroatoms. The topological polar surface area (TPSA) is 46.6 Å². The van der Waals surface area contributed by atoms with E-state index in [0.717, 1.165) is 12.5 Å². The van der Waals surface area contributed by atoms with Crippen LogP contribution >= 0.6 is 11.6 Å². The van der Waals surface area contributed by atoms with Gasteiger partial charge in [-0.2, -0.15) is 13.2 Å². The van der Waals surface area contributed by atoms with Gasteiger partial charge in [-0.15, -0.1) is 0 Å². The van der Waals surface area contributed by atoms with Crippen molar-refractivity contribution in [1.29, 1.82) is 0 Å². The zero-order valence-corrected chi connectivity index (χ0v) is 14.8. The molecule has 0 aliphatic carbocycles. The van der Waals surface area contributed by atoms with E-state index in [9.17, 15) is 27.2 Å². The summed E-state index contributed by atoms with van der Waals surface area (Å²) in [5.74, 6) is -2.26. The number of piperidine rings is 1. The summed E-state index contributed by atoms with van der Waals surface area (Å²) in [6.45, 7) is 2.12. The summed E-state index contributed by atoms with van der Waals surface area (Å²) in [5.41, 5.74) is -1.54. The number of amides is 1. The van der Waals surface area contributed by atoms with Crippen LogP contribution in [-0.2, 0) is 26.9 Å². The number of nitrogens with zero attached hydrogens (tertiary/aromatic N) is 1. The molecule has 0 saturated carbocycles. The third-order valence-electron chi connectivity index (χ3n) is 4.16. The average Bonchev–Trinajstić information content (AvgIpc) is 2.57. The third-order valence-corrected chi connectivity index (χ3v) is 4.48. The minimum absolute atomic E-state index is 0.167. The smallest absolute Gasteiger partial charge is 0.417 e. The molecule has 26 heavy (non-hydrogen) atoms. The van der Waals surface area contributed by atoms with Crippen molar-refractivity contribution in [2.24, 2.45) is 0 Å². The third kappa shape index (κ3) is 4.66. The van der Waals surface area contributed by atoms with Crippen LogP contribution in [0.25, 0.3) is 0 Å². The van der Waals surface area contributed by atoms with Crippen LogP contribution in [0.5, 0.6) is 0 Å². The van der Waals surface area contributed by atoms with E-state index in [1.165, 1.54) is 4.90 Å². The first-order valence-electron chi connectivity index (χ1n) is 8.16. The Morgan fingerprint density at radius 3 is 2.62 bits per heavy atom. The van der Waals surface area contributed by atoms with E-state index in [2.05, 4.69) is 0 Å². The highest BCUT2D eigenvalue weighted by atomic mass is 35.5.